The van der Waals surface area contributed by atoms with Crippen LogP contribution in [0.4, 0.5) is 5.00 Å². The summed E-state index contributed by atoms with van der Waals surface area (Å²) in [5.74, 6) is -0.381. The van der Waals surface area contributed by atoms with Gasteiger partial charge in [-0.3, -0.25) is 23.4 Å². The number of thioether (sulfide) groups is 1. The highest BCUT2D eigenvalue weighted by Gasteiger charge is 2.18. The van der Waals surface area contributed by atoms with Gasteiger partial charge in [0.05, 0.1) is 22.2 Å². The fraction of sp³-hybridized carbons (Fsp3) is 0.250. The van der Waals surface area contributed by atoms with Crippen molar-refractivity contribution < 1.29 is 9.59 Å². The molecule has 3 aromatic heterocycles. The summed E-state index contributed by atoms with van der Waals surface area (Å²) in [5, 5.41) is 14.4. The molecule has 2 amide bonds. The zero-order valence-electron chi connectivity index (χ0n) is 16.7. The molecule has 160 valence electrons. The molecule has 0 aliphatic rings. The number of rotatable bonds is 8. The molecular weight excluding hydrogens is 436 g/mol. The van der Waals surface area contributed by atoms with Gasteiger partial charge in [-0.15, -0.1) is 21.5 Å². The van der Waals surface area contributed by atoms with Crippen molar-refractivity contribution in [3.63, 3.8) is 0 Å². The molecular formula is C20H20N6O3S2. The summed E-state index contributed by atoms with van der Waals surface area (Å²) in [6.07, 6.45) is 1.78. The minimum atomic E-state index is -0.593. The maximum absolute atomic E-state index is 13.0. The second kappa shape index (κ2) is 8.90. The van der Waals surface area contributed by atoms with Gasteiger partial charge in [0.1, 0.15) is 5.00 Å². The molecule has 3 heterocycles. The number of fused-ring (bicyclic) bond motifs is 3. The molecule has 9 nitrogen and oxygen atoms in total. The molecule has 0 unspecified atom stereocenters. The van der Waals surface area contributed by atoms with Gasteiger partial charge < -0.3 is 11.1 Å². The average molecular weight is 457 g/mol. The number of nitrogens with zero attached hydrogens (tertiary/aromatic N) is 4. The Hall–Kier alpha value is -3.18. The Labute approximate surface area is 185 Å². The number of primary amides is 1. The summed E-state index contributed by atoms with van der Waals surface area (Å²) in [6.45, 7) is 2.60. The lowest BCUT2D eigenvalue weighted by molar-refractivity contribution is -0.113. The number of amides is 2. The molecule has 31 heavy (non-hydrogen) atoms. The monoisotopic (exact) mass is 456 g/mol. The van der Waals surface area contributed by atoms with Crippen molar-refractivity contribution in [2.45, 2.75) is 31.5 Å². The van der Waals surface area contributed by atoms with E-state index in [0.29, 0.717) is 33.4 Å². The van der Waals surface area contributed by atoms with E-state index in [1.807, 2.05) is 22.6 Å². The maximum atomic E-state index is 13.0. The van der Waals surface area contributed by atoms with Gasteiger partial charge in [-0.2, -0.15) is 0 Å². The van der Waals surface area contributed by atoms with E-state index in [0.717, 1.165) is 12.8 Å². The van der Waals surface area contributed by atoms with E-state index in [9.17, 15) is 14.4 Å². The van der Waals surface area contributed by atoms with E-state index < -0.39 is 5.91 Å². The molecule has 1 aromatic carbocycles. The molecule has 3 N–H and O–H groups in total. The molecule has 0 aliphatic heterocycles. The first-order valence-electron chi connectivity index (χ1n) is 9.68. The van der Waals surface area contributed by atoms with Crippen LogP contribution in [0, 0.1) is 0 Å². The first-order chi connectivity index (χ1) is 15.0. The number of carbonyl (C=O) groups is 2. The molecule has 0 atom stereocenters. The number of nitrogens with one attached hydrogen (secondary N) is 1. The normalized spacial score (nSPS) is 11.3. The minimum absolute atomic E-state index is 0.0549. The smallest absolute Gasteiger partial charge is 0.262 e. The SMILES string of the molecule is CCCCn1c(=O)c2ccccc2n2c(SCC(=O)Nc3sccc3C(N)=O)nnc12. The van der Waals surface area contributed by atoms with Gasteiger partial charge in [0.25, 0.3) is 11.5 Å². The van der Waals surface area contributed by atoms with Crippen molar-refractivity contribution in [3.8, 4) is 0 Å². The zero-order valence-corrected chi connectivity index (χ0v) is 18.3. The van der Waals surface area contributed by atoms with Crippen LogP contribution in [0.15, 0.2) is 45.7 Å². The van der Waals surface area contributed by atoms with Crippen LogP contribution in [0.5, 0.6) is 0 Å². The summed E-state index contributed by atoms with van der Waals surface area (Å²) in [7, 11) is 0. The average Bonchev–Trinajstić information content (AvgIpc) is 3.39. The molecule has 4 aromatic rings. The summed E-state index contributed by atoms with van der Waals surface area (Å²) in [4.78, 5) is 36.9. The number of thiophene rings is 1. The number of unbranched alkanes of at least 4 members (excludes halogenated alkanes) is 1. The standard InChI is InChI=1S/C20H20N6O3S2/c1-2-3-9-25-18(29)12-6-4-5-7-14(12)26-19(25)23-24-20(26)31-11-15(27)22-17-13(16(21)28)8-10-30-17/h4-8,10H,2-3,9,11H2,1H3,(H2,21,28)(H,22,27). The molecule has 0 spiro atoms. The Morgan fingerprint density at radius 2 is 2.03 bits per heavy atom. The van der Waals surface area contributed by atoms with Crippen molar-refractivity contribution in [2.24, 2.45) is 5.73 Å². The Balaban J connectivity index is 1.65. The summed E-state index contributed by atoms with van der Waals surface area (Å²) in [5.41, 5.74) is 6.19. The zero-order chi connectivity index (χ0) is 22.0. The van der Waals surface area contributed by atoms with Crippen LogP contribution in [-0.4, -0.2) is 36.7 Å². The first-order valence-corrected chi connectivity index (χ1v) is 11.5. The third-order valence-corrected chi connectivity index (χ3v) is 6.49. The number of aromatic nitrogens is 4. The van der Waals surface area contributed by atoms with Gasteiger partial charge >= 0.3 is 0 Å². The second-order valence-electron chi connectivity index (χ2n) is 6.81. The lowest BCUT2D eigenvalue weighted by Crippen LogP contribution is -2.23. The highest BCUT2D eigenvalue weighted by Crippen LogP contribution is 2.25. The Morgan fingerprint density at radius 3 is 2.81 bits per heavy atom. The van der Waals surface area contributed by atoms with Gasteiger partial charge in [-0.1, -0.05) is 37.2 Å². The Bertz CT molecular complexity index is 1340. The Kier molecular flexibility index (Phi) is 6.05. The van der Waals surface area contributed by atoms with Crippen LogP contribution in [0.25, 0.3) is 16.7 Å². The van der Waals surface area contributed by atoms with Crippen LogP contribution >= 0.6 is 23.1 Å². The minimum Gasteiger partial charge on any atom is -0.366 e. The number of hydrogen-bond donors (Lipinski definition) is 2. The summed E-state index contributed by atoms with van der Waals surface area (Å²) in [6, 6.07) is 8.86. The second-order valence-corrected chi connectivity index (χ2v) is 8.67. The molecule has 4 rings (SSSR count). The van der Waals surface area contributed by atoms with E-state index in [1.54, 1.807) is 22.1 Å². The van der Waals surface area contributed by atoms with E-state index in [-0.39, 0.29) is 22.8 Å². The molecule has 11 heteroatoms. The van der Waals surface area contributed by atoms with E-state index >= 15 is 0 Å². The van der Waals surface area contributed by atoms with Crippen LogP contribution in [0.1, 0.15) is 30.1 Å². The van der Waals surface area contributed by atoms with Gasteiger partial charge in [-0.05, 0) is 30.0 Å². The maximum Gasteiger partial charge on any atom is 0.262 e. The van der Waals surface area contributed by atoms with Crippen LogP contribution in [0.2, 0.25) is 0 Å². The quantitative estimate of drug-likeness (QED) is 0.393. The lowest BCUT2D eigenvalue weighted by Gasteiger charge is -2.10. The van der Waals surface area contributed by atoms with E-state index in [4.69, 9.17) is 5.73 Å². The molecule has 0 fully saturated rings. The molecule has 0 saturated carbocycles. The summed E-state index contributed by atoms with van der Waals surface area (Å²) >= 11 is 2.44. The first kappa shape index (κ1) is 21.1. The van der Waals surface area contributed by atoms with E-state index in [1.165, 1.54) is 23.1 Å². The molecule has 0 radical (unpaired) electrons. The molecule has 0 aliphatic carbocycles. The molecule has 0 bridgehead atoms. The van der Waals surface area contributed by atoms with Crippen molar-refractivity contribution in [3.05, 3.63) is 51.6 Å². The molecule has 0 saturated heterocycles. The topological polar surface area (TPSA) is 124 Å². The number of carbonyl (C=O) groups excluding carboxylic acids is 2. The third-order valence-electron chi connectivity index (χ3n) is 4.73. The fourth-order valence-corrected chi connectivity index (χ4v) is 4.79. The highest BCUT2D eigenvalue weighted by atomic mass is 32.2. The lowest BCUT2D eigenvalue weighted by atomic mass is 10.2. The van der Waals surface area contributed by atoms with Gasteiger partial charge in [-0.25, -0.2) is 0 Å². The highest BCUT2D eigenvalue weighted by molar-refractivity contribution is 7.99. The number of anilines is 1. The van der Waals surface area contributed by atoms with Gasteiger partial charge in [0.2, 0.25) is 11.7 Å². The van der Waals surface area contributed by atoms with E-state index in [2.05, 4.69) is 22.4 Å². The predicted octanol–water partition coefficient (Wildman–Crippen LogP) is 2.74. The number of benzene rings is 1. The number of aryl methyl sites for hydroxylation is 1. The third kappa shape index (κ3) is 4.06. The van der Waals surface area contributed by atoms with Crippen molar-refractivity contribution in [2.75, 3.05) is 11.1 Å². The van der Waals surface area contributed by atoms with Crippen molar-refractivity contribution in [1.82, 2.24) is 19.2 Å². The largest absolute Gasteiger partial charge is 0.366 e. The number of nitrogens with two attached hydrogens (primary N) is 1. The summed E-state index contributed by atoms with van der Waals surface area (Å²) < 4.78 is 3.44. The van der Waals surface area contributed by atoms with Crippen molar-refractivity contribution in [1.29, 1.82) is 0 Å². The Morgan fingerprint density at radius 1 is 1.23 bits per heavy atom. The number of hydrogen-bond acceptors (Lipinski definition) is 7. The van der Waals surface area contributed by atoms with Crippen molar-refractivity contribution >= 4 is 56.6 Å². The van der Waals surface area contributed by atoms with Gasteiger partial charge in [0.15, 0.2) is 5.16 Å². The predicted molar refractivity (Wildman–Crippen MR) is 122 cm³/mol. The fourth-order valence-electron chi connectivity index (χ4n) is 3.24. The number of para-hydroxylation sites is 1. The van der Waals surface area contributed by atoms with Crippen LogP contribution in [0.3, 0.4) is 0 Å². The van der Waals surface area contributed by atoms with Crippen LogP contribution < -0.4 is 16.6 Å². The van der Waals surface area contributed by atoms with Crippen LogP contribution in [-0.2, 0) is 11.3 Å². The van der Waals surface area contributed by atoms with Gasteiger partial charge in [0, 0.05) is 6.54 Å².